The Bertz CT molecular complexity index is 415. The molecule has 1 unspecified atom stereocenters. The molecular weight excluding hydrogens is 274 g/mol. The Kier molecular flexibility index (Phi) is 2.45. The Morgan fingerprint density at radius 3 is 3.20 bits per heavy atom. The van der Waals surface area contributed by atoms with Gasteiger partial charge in [-0.15, -0.1) is 11.3 Å². The van der Waals surface area contributed by atoms with Crippen LogP contribution >= 0.6 is 27.3 Å². The number of hydrogen-bond acceptors (Lipinski definition) is 3. The minimum Gasteiger partial charge on any atom is -0.292 e. The molecule has 1 aromatic heterocycles. The third-order valence-corrected chi connectivity index (χ3v) is 4.93. The zero-order valence-electron chi connectivity index (χ0n) is 8.33. The van der Waals surface area contributed by atoms with Crippen molar-refractivity contribution in [3.63, 3.8) is 0 Å². The molecule has 0 aliphatic carbocycles. The molecule has 1 saturated heterocycles. The number of nitrogens with zero attached hydrogens (tertiary/aromatic N) is 1. The van der Waals surface area contributed by atoms with Crippen LogP contribution in [0.3, 0.4) is 0 Å². The van der Waals surface area contributed by atoms with E-state index in [0.29, 0.717) is 5.78 Å². The molecule has 4 heteroatoms. The number of rotatable bonds is 0. The summed E-state index contributed by atoms with van der Waals surface area (Å²) in [6, 6.07) is 2.17. The second-order valence-corrected chi connectivity index (χ2v) is 6.75. The van der Waals surface area contributed by atoms with Crippen LogP contribution in [0.1, 0.15) is 34.5 Å². The molecule has 2 aliphatic heterocycles. The minimum absolute atomic E-state index is 0.174. The number of ketones is 1. The third-order valence-electron chi connectivity index (χ3n) is 3.31. The SMILES string of the molecule is O=C1c2cc(Br)sc2CN2CCCCC12. The van der Waals surface area contributed by atoms with Crippen LogP contribution in [0.15, 0.2) is 9.85 Å². The predicted octanol–water partition coefficient (Wildman–Crippen LogP) is 3.06. The second kappa shape index (κ2) is 3.68. The Morgan fingerprint density at radius 2 is 2.33 bits per heavy atom. The van der Waals surface area contributed by atoms with Gasteiger partial charge in [0, 0.05) is 17.0 Å². The van der Waals surface area contributed by atoms with E-state index < -0.39 is 0 Å². The van der Waals surface area contributed by atoms with Crippen LogP contribution in [0, 0.1) is 0 Å². The fraction of sp³-hybridized carbons (Fsp3) is 0.545. The zero-order chi connectivity index (χ0) is 10.4. The third kappa shape index (κ3) is 1.59. The molecule has 2 nitrogen and oxygen atoms in total. The van der Waals surface area contributed by atoms with Crippen LogP contribution in [-0.4, -0.2) is 23.3 Å². The molecule has 0 amide bonds. The lowest BCUT2D eigenvalue weighted by atomic mass is 9.91. The lowest BCUT2D eigenvalue weighted by Crippen LogP contribution is -2.47. The monoisotopic (exact) mass is 285 g/mol. The molecule has 0 radical (unpaired) electrons. The number of hydrogen-bond donors (Lipinski definition) is 0. The molecule has 0 N–H and O–H groups in total. The van der Waals surface area contributed by atoms with E-state index in [-0.39, 0.29) is 6.04 Å². The van der Waals surface area contributed by atoms with Crippen molar-refractivity contribution in [3.05, 3.63) is 20.3 Å². The number of halogens is 1. The summed E-state index contributed by atoms with van der Waals surface area (Å²) in [6.45, 7) is 2.06. The molecule has 2 aliphatic rings. The lowest BCUT2D eigenvalue weighted by molar-refractivity contribution is 0.0691. The summed E-state index contributed by atoms with van der Waals surface area (Å²) in [5.74, 6) is 0.345. The largest absolute Gasteiger partial charge is 0.292 e. The summed E-state index contributed by atoms with van der Waals surface area (Å²) >= 11 is 5.17. The van der Waals surface area contributed by atoms with Crippen LogP contribution in [0.5, 0.6) is 0 Å². The van der Waals surface area contributed by atoms with Gasteiger partial charge in [-0.05, 0) is 41.4 Å². The van der Waals surface area contributed by atoms with Gasteiger partial charge in [0.1, 0.15) is 0 Å². The average molecular weight is 286 g/mol. The lowest BCUT2D eigenvalue weighted by Gasteiger charge is -2.37. The van der Waals surface area contributed by atoms with Crippen molar-refractivity contribution in [1.29, 1.82) is 0 Å². The topological polar surface area (TPSA) is 20.3 Å². The van der Waals surface area contributed by atoms with Gasteiger partial charge in [0.25, 0.3) is 0 Å². The highest BCUT2D eigenvalue weighted by molar-refractivity contribution is 9.11. The van der Waals surface area contributed by atoms with Gasteiger partial charge >= 0.3 is 0 Å². The highest BCUT2D eigenvalue weighted by Gasteiger charge is 2.36. The van der Waals surface area contributed by atoms with Crippen molar-refractivity contribution in [2.45, 2.75) is 31.8 Å². The van der Waals surface area contributed by atoms with E-state index in [2.05, 4.69) is 20.8 Å². The highest BCUT2D eigenvalue weighted by Crippen LogP contribution is 2.36. The van der Waals surface area contributed by atoms with Crippen LogP contribution in [-0.2, 0) is 6.54 Å². The summed E-state index contributed by atoms with van der Waals surface area (Å²) in [5.41, 5.74) is 0.968. The molecule has 3 heterocycles. The van der Waals surface area contributed by atoms with Gasteiger partial charge < -0.3 is 0 Å². The maximum absolute atomic E-state index is 12.2. The van der Waals surface area contributed by atoms with Crippen LogP contribution in [0.2, 0.25) is 0 Å². The van der Waals surface area contributed by atoms with Crippen molar-refractivity contribution in [2.75, 3.05) is 6.54 Å². The van der Waals surface area contributed by atoms with E-state index in [4.69, 9.17) is 0 Å². The van der Waals surface area contributed by atoms with Crippen molar-refractivity contribution in [1.82, 2.24) is 4.90 Å². The first-order valence-corrected chi connectivity index (χ1v) is 6.93. The standard InChI is InChI=1S/C11H12BrNOS/c12-10-5-7-9(15-10)6-13-4-2-1-3-8(13)11(7)14/h5,8H,1-4,6H2. The fourth-order valence-electron chi connectivity index (χ4n) is 2.56. The smallest absolute Gasteiger partial charge is 0.181 e. The Hall–Kier alpha value is -0.190. The van der Waals surface area contributed by atoms with E-state index in [9.17, 15) is 4.79 Å². The van der Waals surface area contributed by atoms with E-state index in [1.165, 1.54) is 17.7 Å². The summed E-state index contributed by atoms with van der Waals surface area (Å²) in [7, 11) is 0. The average Bonchev–Trinajstić information content (AvgIpc) is 2.59. The molecule has 3 rings (SSSR count). The quantitative estimate of drug-likeness (QED) is 0.730. The number of thiophene rings is 1. The molecule has 1 atom stereocenters. The second-order valence-electron chi connectivity index (χ2n) is 4.23. The fourth-order valence-corrected chi connectivity index (χ4v) is 4.29. The Balaban J connectivity index is 2.01. The van der Waals surface area contributed by atoms with Crippen LogP contribution in [0.4, 0.5) is 0 Å². The molecule has 0 saturated carbocycles. The van der Waals surface area contributed by atoms with Gasteiger partial charge in [-0.3, -0.25) is 9.69 Å². The number of fused-ring (bicyclic) bond motifs is 2. The van der Waals surface area contributed by atoms with Gasteiger partial charge in [-0.2, -0.15) is 0 Å². The number of piperidine rings is 1. The molecule has 1 aromatic rings. The molecule has 0 bridgehead atoms. The number of Topliss-reactive ketones (excluding diaryl/α,β-unsaturated/α-hetero) is 1. The molecular formula is C11H12BrNOS. The number of carbonyl (C=O) groups excluding carboxylic acids is 1. The Morgan fingerprint density at radius 1 is 1.47 bits per heavy atom. The van der Waals surface area contributed by atoms with Crippen molar-refractivity contribution >= 4 is 33.0 Å². The highest BCUT2D eigenvalue weighted by atomic mass is 79.9. The first kappa shape index (κ1) is 10.00. The van der Waals surface area contributed by atoms with Gasteiger partial charge in [0.15, 0.2) is 5.78 Å². The molecule has 0 aromatic carbocycles. The maximum atomic E-state index is 12.2. The van der Waals surface area contributed by atoms with E-state index >= 15 is 0 Å². The van der Waals surface area contributed by atoms with E-state index in [1.807, 2.05) is 6.07 Å². The first-order chi connectivity index (χ1) is 7.25. The van der Waals surface area contributed by atoms with Gasteiger partial charge in [-0.1, -0.05) is 6.42 Å². The predicted molar refractivity (Wildman–Crippen MR) is 64.4 cm³/mol. The molecule has 15 heavy (non-hydrogen) atoms. The van der Waals surface area contributed by atoms with Gasteiger partial charge in [0.05, 0.1) is 9.83 Å². The van der Waals surface area contributed by atoms with E-state index in [1.54, 1.807) is 11.3 Å². The zero-order valence-corrected chi connectivity index (χ0v) is 10.7. The van der Waals surface area contributed by atoms with Crippen LogP contribution < -0.4 is 0 Å². The van der Waals surface area contributed by atoms with Crippen LogP contribution in [0.25, 0.3) is 0 Å². The van der Waals surface area contributed by atoms with E-state index in [0.717, 1.165) is 28.9 Å². The normalized spacial score (nSPS) is 26.2. The van der Waals surface area contributed by atoms with Crippen molar-refractivity contribution in [3.8, 4) is 0 Å². The van der Waals surface area contributed by atoms with Gasteiger partial charge in [0.2, 0.25) is 0 Å². The van der Waals surface area contributed by atoms with Crippen molar-refractivity contribution < 1.29 is 4.79 Å². The minimum atomic E-state index is 0.174. The van der Waals surface area contributed by atoms with Crippen molar-refractivity contribution in [2.24, 2.45) is 0 Å². The molecule has 0 spiro atoms. The first-order valence-electron chi connectivity index (χ1n) is 5.32. The molecule has 80 valence electrons. The number of carbonyl (C=O) groups is 1. The van der Waals surface area contributed by atoms with Gasteiger partial charge in [-0.25, -0.2) is 0 Å². The summed E-state index contributed by atoms with van der Waals surface area (Å²) < 4.78 is 1.08. The molecule has 1 fully saturated rings. The maximum Gasteiger partial charge on any atom is 0.181 e. The summed E-state index contributed by atoms with van der Waals surface area (Å²) in [6.07, 6.45) is 3.49. The summed E-state index contributed by atoms with van der Waals surface area (Å²) in [5, 5.41) is 0. The Labute approximate surface area is 101 Å². The summed E-state index contributed by atoms with van der Waals surface area (Å²) in [4.78, 5) is 15.8.